The molecule has 0 spiro atoms. The van der Waals surface area contributed by atoms with Crippen molar-refractivity contribution in [1.29, 1.82) is 0 Å². The van der Waals surface area contributed by atoms with Crippen molar-refractivity contribution in [2.24, 2.45) is 5.92 Å². The minimum atomic E-state index is -0.495. The van der Waals surface area contributed by atoms with Crippen LogP contribution in [0.1, 0.15) is 66.2 Å². The Morgan fingerprint density at radius 2 is 1.62 bits per heavy atom. The minimum Gasteiger partial charge on any atom is -0.390 e. The van der Waals surface area contributed by atoms with Crippen molar-refractivity contribution in [3.8, 4) is 0 Å². The van der Waals surface area contributed by atoms with Crippen LogP contribution in [-0.2, 0) is 0 Å². The Balaban J connectivity index is 3.32. The van der Waals surface area contributed by atoms with Gasteiger partial charge in [-0.2, -0.15) is 0 Å². The molecule has 0 aliphatic rings. The van der Waals surface area contributed by atoms with Gasteiger partial charge in [0, 0.05) is 0 Å². The van der Waals surface area contributed by atoms with Gasteiger partial charge in [0.15, 0.2) is 0 Å². The van der Waals surface area contributed by atoms with Crippen LogP contribution in [0.5, 0.6) is 0 Å². The normalized spacial score (nSPS) is 14.5. The van der Waals surface area contributed by atoms with Gasteiger partial charge < -0.3 is 5.11 Å². The summed E-state index contributed by atoms with van der Waals surface area (Å²) in [5, 5.41) is 9.69. The Morgan fingerprint density at radius 3 is 2.08 bits per heavy atom. The van der Waals surface area contributed by atoms with E-state index in [-0.39, 0.29) is 0 Å². The highest BCUT2D eigenvalue weighted by Crippen LogP contribution is 2.22. The highest BCUT2D eigenvalue weighted by atomic mass is 16.3. The molecule has 0 saturated carbocycles. The third-order valence-electron chi connectivity index (χ3n) is 2.95. The minimum absolute atomic E-state index is 0.425. The Bertz CT molecular complexity index is 113. The zero-order chi connectivity index (χ0) is 10.3. The first-order chi connectivity index (χ1) is 5.98. The fraction of sp³-hybridized carbons (Fsp3) is 1.00. The molecule has 1 N–H and O–H groups in total. The lowest BCUT2D eigenvalue weighted by Gasteiger charge is -2.25. The molecule has 0 aromatic heterocycles. The van der Waals surface area contributed by atoms with Crippen LogP contribution in [0.15, 0.2) is 0 Å². The van der Waals surface area contributed by atoms with Crippen LogP contribution in [0, 0.1) is 5.92 Å². The molecule has 0 bridgehead atoms. The summed E-state index contributed by atoms with van der Waals surface area (Å²) < 4.78 is 0. The summed E-state index contributed by atoms with van der Waals surface area (Å²) in [6, 6.07) is 0. The van der Waals surface area contributed by atoms with Gasteiger partial charge in [-0.1, -0.05) is 46.0 Å². The van der Waals surface area contributed by atoms with E-state index in [1.165, 1.54) is 32.1 Å². The standard InChI is InChI=1S/C12H26O/c1-5-6-7-8-9-10-11(2)12(3,4)13/h11,13H,5-10H2,1-4H3. The molecule has 80 valence electrons. The van der Waals surface area contributed by atoms with Crippen LogP contribution in [0.3, 0.4) is 0 Å². The lowest BCUT2D eigenvalue weighted by atomic mass is 9.88. The lowest BCUT2D eigenvalue weighted by molar-refractivity contribution is 0.0203. The van der Waals surface area contributed by atoms with E-state index in [1.54, 1.807) is 0 Å². The molecule has 0 aromatic carbocycles. The average Bonchev–Trinajstić information content (AvgIpc) is 2.02. The lowest BCUT2D eigenvalue weighted by Crippen LogP contribution is -2.28. The van der Waals surface area contributed by atoms with E-state index in [1.807, 2.05) is 13.8 Å². The molecule has 1 heteroatoms. The van der Waals surface area contributed by atoms with E-state index < -0.39 is 5.60 Å². The smallest absolute Gasteiger partial charge is 0.0617 e. The summed E-state index contributed by atoms with van der Waals surface area (Å²) in [6.07, 6.45) is 7.78. The summed E-state index contributed by atoms with van der Waals surface area (Å²) in [6.45, 7) is 8.19. The number of rotatable bonds is 7. The maximum atomic E-state index is 9.69. The molecule has 0 aliphatic heterocycles. The van der Waals surface area contributed by atoms with Gasteiger partial charge in [-0.3, -0.25) is 0 Å². The Labute approximate surface area is 83.5 Å². The molecule has 1 nitrogen and oxygen atoms in total. The van der Waals surface area contributed by atoms with E-state index in [4.69, 9.17) is 0 Å². The van der Waals surface area contributed by atoms with Gasteiger partial charge in [0.05, 0.1) is 5.60 Å². The molecule has 0 fully saturated rings. The van der Waals surface area contributed by atoms with Crippen molar-refractivity contribution < 1.29 is 5.11 Å². The molecule has 1 unspecified atom stereocenters. The SMILES string of the molecule is CCCCCCCC(C)C(C)(C)O. The summed E-state index contributed by atoms with van der Waals surface area (Å²) in [7, 11) is 0. The van der Waals surface area contributed by atoms with Gasteiger partial charge in [-0.25, -0.2) is 0 Å². The quantitative estimate of drug-likeness (QED) is 0.600. The third kappa shape index (κ3) is 7.06. The van der Waals surface area contributed by atoms with Crippen LogP contribution in [-0.4, -0.2) is 10.7 Å². The average molecular weight is 186 g/mol. The van der Waals surface area contributed by atoms with Gasteiger partial charge >= 0.3 is 0 Å². The maximum Gasteiger partial charge on any atom is 0.0617 e. The molecule has 0 aliphatic carbocycles. The second-order valence-corrected chi connectivity index (χ2v) is 4.76. The molecule has 0 radical (unpaired) electrons. The van der Waals surface area contributed by atoms with Crippen LogP contribution < -0.4 is 0 Å². The van der Waals surface area contributed by atoms with Crippen LogP contribution >= 0.6 is 0 Å². The number of aliphatic hydroxyl groups is 1. The van der Waals surface area contributed by atoms with Gasteiger partial charge in [0.25, 0.3) is 0 Å². The molecular formula is C12H26O. The molecule has 0 saturated heterocycles. The van der Waals surface area contributed by atoms with E-state index in [2.05, 4.69) is 13.8 Å². The molecule has 1 atom stereocenters. The van der Waals surface area contributed by atoms with Crippen molar-refractivity contribution in [2.75, 3.05) is 0 Å². The van der Waals surface area contributed by atoms with E-state index >= 15 is 0 Å². The van der Waals surface area contributed by atoms with Crippen LogP contribution in [0.4, 0.5) is 0 Å². The molecule has 0 aromatic rings. The van der Waals surface area contributed by atoms with Crippen LogP contribution in [0.25, 0.3) is 0 Å². The van der Waals surface area contributed by atoms with Gasteiger partial charge in [-0.15, -0.1) is 0 Å². The Morgan fingerprint density at radius 1 is 1.08 bits per heavy atom. The van der Waals surface area contributed by atoms with E-state index in [9.17, 15) is 5.11 Å². The second-order valence-electron chi connectivity index (χ2n) is 4.76. The maximum absolute atomic E-state index is 9.69. The summed E-state index contributed by atoms with van der Waals surface area (Å²) in [5.74, 6) is 0.425. The Hall–Kier alpha value is -0.0400. The second kappa shape index (κ2) is 6.42. The zero-order valence-electron chi connectivity index (χ0n) is 9.77. The fourth-order valence-electron chi connectivity index (χ4n) is 1.41. The molecule has 13 heavy (non-hydrogen) atoms. The largest absolute Gasteiger partial charge is 0.390 e. The highest BCUT2D eigenvalue weighted by molar-refractivity contribution is 4.72. The molecule has 0 amide bonds. The summed E-state index contributed by atoms with van der Waals surface area (Å²) in [4.78, 5) is 0. The van der Waals surface area contributed by atoms with Gasteiger partial charge in [0.2, 0.25) is 0 Å². The summed E-state index contributed by atoms with van der Waals surface area (Å²) >= 11 is 0. The predicted molar refractivity (Wildman–Crippen MR) is 58.8 cm³/mol. The molecule has 0 rings (SSSR count). The van der Waals surface area contributed by atoms with Gasteiger partial charge in [-0.05, 0) is 26.2 Å². The monoisotopic (exact) mass is 186 g/mol. The first-order valence-electron chi connectivity index (χ1n) is 5.70. The molecule has 0 heterocycles. The van der Waals surface area contributed by atoms with Crippen molar-refractivity contribution >= 4 is 0 Å². The number of unbranched alkanes of at least 4 members (excludes halogenated alkanes) is 4. The topological polar surface area (TPSA) is 20.2 Å². The predicted octanol–water partition coefficient (Wildman–Crippen LogP) is 3.75. The highest BCUT2D eigenvalue weighted by Gasteiger charge is 2.21. The molecular weight excluding hydrogens is 160 g/mol. The van der Waals surface area contributed by atoms with E-state index in [0.717, 1.165) is 6.42 Å². The van der Waals surface area contributed by atoms with Crippen molar-refractivity contribution in [3.63, 3.8) is 0 Å². The van der Waals surface area contributed by atoms with Crippen LogP contribution in [0.2, 0.25) is 0 Å². The summed E-state index contributed by atoms with van der Waals surface area (Å²) in [5.41, 5.74) is -0.495. The first kappa shape index (κ1) is 13.0. The zero-order valence-corrected chi connectivity index (χ0v) is 9.77. The van der Waals surface area contributed by atoms with Crippen molar-refractivity contribution in [3.05, 3.63) is 0 Å². The first-order valence-corrected chi connectivity index (χ1v) is 5.70. The van der Waals surface area contributed by atoms with Crippen molar-refractivity contribution in [1.82, 2.24) is 0 Å². The van der Waals surface area contributed by atoms with E-state index in [0.29, 0.717) is 5.92 Å². The number of hydrogen-bond donors (Lipinski definition) is 1. The third-order valence-corrected chi connectivity index (χ3v) is 2.95. The fourth-order valence-corrected chi connectivity index (χ4v) is 1.41. The number of hydrogen-bond acceptors (Lipinski definition) is 1. The van der Waals surface area contributed by atoms with Gasteiger partial charge in [0.1, 0.15) is 0 Å². The van der Waals surface area contributed by atoms with Crippen molar-refractivity contribution in [2.45, 2.75) is 71.8 Å². The Kier molecular flexibility index (Phi) is 6.40.